The molecular formula is C31H34Cl2N6O7S2. The van der Waals surface area contributed by atoms with Crippen molar-refractivity contribution in [3.8, 4) is 0 Å². The van der Waals surface area contributed by atoms with Crippen LogP contribution in [0.4, 0.5) is 4.79 Å². The number of hydrogen-bond donors (Lipinski definition) is 1. The van der Waals surface area contributed by atoms with Crippen LogP contribution in [0.5, 0.6) is 0 Å². The van der Waals surface area contributed by atoms with Gasteiger partial charge >= 0.3 is 6.03 Å². The van der Waals surface area contributed by atoms with Crippen LogP contribution in [0, 0.1) is 26.7 Å². The zero-order valence-corrected chi connectivity index (χ0v) is 30.4. The van der Waals surface area contributed by atoms with Gasteiger partial charge in [-0.2, -0.15) is 0 Å². The maximum absolute atomic E-state index is 13.7. The Hall–Kier alpha value is -3.53. The Bertz CT molecular complexity index is 1800. The highest BCUT2D eigenvalue weighted by Gasteiger charge is 2.64. The summed E-state index contributed by atoms with van der Waals surface area (Å²) in [4.78, 5) is 90.3. The largest absolute Gasteiger partial charge is 0.381 e. The summed E-state index contributed by atoms with van der Waals surface area (Å²) >= 11 is 15.0. The molecule has 0 spiro atoms. The second-order valence-corrected chi connectivity index (χ2v) is 16.0. The minimum absolute atomic E-state index is 0.0777. The second-order valence-electron chi connectivity index (χ2n) is 12.4. The molecule has 256 valence electrons. The average molecular weight is 738 g/mol. The number of hydrazine groups is 1. The molecule has 13 nitrogen and oxygen atoms in total. The number of halogens is 2. The van der Waals surface area contributed by atoms with E-state index < -0.39 is 39.5 Å². The Kier molecular flexibility index (Phi) is 9.74. The number of hydrogen-bond acceptors (Lipinski definition) is 11. The molecule has 1 aromatic carbocycles. The van der Waals surface area contributed by atoms with Crippen LogP contribution in [0.15, 0.2) is 17.3 Å². The summed E-state index contributed by atoms with van der Waals surface area (Å²) in [5.74, 6) is -3.05. The predicted octanol–water partition coefficient (Wildman–Crippen LogP) is 4.32. The fourth-order valence-electron chi connectivity index (χ4n) is 5.51. The lowest BCUT2D eigenvalue weighted by atomic mass is 9.90. The first-order chi connectivity index (χ1) is 22.4. The van der Waals surface area contributed by atoms with Gasteiger partial charge < -0.3 is 9.74 Å². The highest BCUT2D eigenvalue weighted by molar-refractivity contribution is 8.02. The van der Waals surface area contributed by atoms with Crippen LogP contribution in [0.1, 0.15) is 66.3 Å². The van der Waals surface area contributed by atoms with Crippen molar-refractivity contribution in [1.29, 1.82) is 0 Å². The fourth-order valence-corrected chi connectivity index (χ4v) is 8.67. The third-order valence-electron chi connectivity index (χ3n) is 8.89. The van der Waals surface area contributed by atoms with E-state index in [1.807, 2.05) is 6.92 Å². The number of nitrogens with one attached hydrogen (secondary N) is 1. The van der Waals surface area contributed by atoms with E-state index in [0.717, 1.165) is 39.2 Å². The van der Waals surface area contributed by atoms with Crippen molar-refractivity contribution in [1.82, 2.24) is 25.2 Å². The molecule has 4 heterocycles. The number of carbonyl (C=O) groups excluding carboxylic acids is 6. The third-order valence-corrected chi connectivity index (χ3v) is 12.4. The van der Waals surface area contributed by atoms with E-state index >= 15 is 0 Å². The number of aromatic nitrogens is 1. The van der Waals surface area contributed by atoms with Crippen molar-refractivity contribution < 1.29 is 33.6 Å². The number of carbonyl (C=O) groups is 6. The second kappa shape index (κ2) is 13.1. The van der Waals surface area contributed by atoms with Crippen LogP contribution in [0.3, 0.4) is 0 Å². The van der Waals surface area contributed by atoms with E-state index in [4.69, 9.17) is 28.0 Å². The van der Waals surface area contributed by atoms with Crippen LogP contribution in [-0.2, 0) is 24.0 Å². The summed E-state index contributed by atoms with van der Waals surface area (Å²) in [5, 5.41) is 5.38. The zero-order valence-electron chi connectivity index (χ0n) is 27.3. The Morgan fingerprint density at radius 1 is 1.12 bits per heavy atom. The number of urea groups is 1. The Morgan fingerprint density at radius 3 is 2.42 bits per heavy atom. The quantitative estimate of drug-likeness (QED) is 0.201. The zero-order chi connectivity index (χ0) is 35.5. The molecule has 48 heavy (non-hydrogen) atoms. The van der Waals surface area contributed by atoms with E-state index in [1.165, 1.54) is 37.5 Å². The number of fused-ring (bicyclic) bond motifs is 1. The number of nitrogens with zero attached hydrogens (tertiary/aromatic N) is 5. The molecule has 3 saturated heterocycles. The molecule has 1 N–H and O–H groups in total. The van der Waals surface area contributed by atoms with E-state index in [9.17, 15) is 28.8 Å². The number of rotatable bonds is 11. The van der Waals surface area contributed by atoms with Crippen LogP contribution >= 0.6 is 46.3 Å². The van der Waals surface area contributed by atoms with Crippen LogP contribution in [0.2, 0.25) is 9.36 Å². The molecule has 0 bridgehead atoms. The lowest BCUT2D eigenvalue weighted by molar-refractivity contribution is -0.151. The lowest BCUT2D eigenvalue weighted by Crippen LogP contribution is -2.59. The Balaban J connectivity index is 1.33. The monoisotopic (exact) mass is 736 g/mol. The van der Waals surface area contributed by atoms with Gasteiger partial charge in [-0.1, -0.05) is 46.2 Å². The van der Waals surface area contributed by atoms with E-state index in [0.29, 0.717) is 5.01 Å². The number of ketones is 3. The molecule has 0 saturated carbocycles. The topological polar surface area (TPSA) is 159 Å². The number of thiazole rings is 1. The van der Waals surface area contributed by atoms with Crippen molar-refractivity contribution in [2.45, 2.75) is 70.7 Å². The summed E-state index contributed by atoms with van der Waals surface area (Å²) in [6, 6.07) is 2.73. The van der Waals surface area contributed by atoms with Crippen molar-refractivity contribution in [3.63, 3.8) is 0 Å². The Labute approximate surface area is 295 Å². The maximum Gasteiger partial charge on any atom is 0.340 e. The van der Waals surface area contributed by atoms with E-state index in [2.05, 4.69) is 15.6 Å². The molecule has 3 atom stereocenters. The van der Waals surface area contributed by atoms with Crippen LogP contribution in [-0.4, -0.2) is 96.2 Å². The lowest BCUT2D eigenvalue weighted by Gasteiger charge is -2.41. The van der Waals surface area contributed by atoms with Gasteiger partial charge in [-0.3, -0.25) is 34.3 Å². The van der Waals surface area contributed by atoms with Gasteiger partial charge in [0.25, 0.3) is 5.91 Å². The highest BCUT2D eigenvalue weighted by Crippen LogP contribution is 2.53. The van der Waals surface area contributed by atoms with Gasteiger partial charge in [0.15, 0.2) is 33.5 Å². The number of benzene rings is 1. The number of aryl methyl sites for hydroxylation is 2. The molecule has 5 rings (SSSR count). The SMILES string of the molecule is CC(=O)C(C)(C)O/N=C(\C(=O)C[C@@H]1C(=O)N2C[C@@](C(C)=O)(N3CCN(NC(=O)c4ccc(C)c(C)c4Cl)C3=O)SC12)c1nc(C)sc1Cl. The molecule has 0 aliphatic carbocycles. The van der Waals surface area contributed by atoms with E-state index in [1.54, 1.807) is 26.0 Å². The van der Waals surface area contributed by atoms with Crippen LogP contribution < -0.4 is 5.43 Å². The normalized spacial score (nSPS) is 22.5. The van der Waals surface area contributed by atoms with E-state index in [-0.39, 0.29) is 69.9 Å². The maximum atomic E-state index is 13.7. The fraction of sp³-hybridized carbons (Fsp3) is 0.484. The van der Waals surface area contributed by atoms with Crippen molar-refractivity contribution in [3.05, 3.63) is 48.9 Å². The summed E-state index contributed by atoms with van der Waals surface area (Å²) < 4.78 is 0.195. The summed E-state index contributed by atoms with van der Waals surface area (Å²) in [6.45, 7) is 11.2. The summed E-state index contributed by atoms with van der Waals surface area (Å²) in [7, 11) is 0. The first kappa shape index (κ1) is 35.8. The van der Waals surface area contributed by atoms with Gasteiger partial charge in [0.2, 0.25) is 5.91 Å². The van der Waals surface area contributed by atoms with Crippen LogP contribution in [0.25, 0.3) is 0 Å². The number of Topliss-reactive ketones (excluding diaryl/α,β-unsaturated/α-hetero) is 3. The van der Waals surface area contributed by atoms with Crippen molar-refractivity contribution in [2.24, 2.45) is 11.1 Å². The third kappa shape index (κ3) is 6.21. The molecule has 1 unspecified atom stereocenters. The molecule has 4 amide bonds. The van der Waals surface area contributed by atoms with Gasteiger partial charge in [0, 0.05) is 13.0 Å². The Morgan fingerprint density at radius 2 is 1.81 bits per heavy atom. The number of β-lactam (4-membered cyclic amide) rings is 1. The predicted molar refractivity (Wildman–Crippen MR) is 181 cm³/mol. The highest BCUT2D eigenvalue weighted by atomic mass is 35.5. The van der Waals surface area contributed by atoms with Gasteiger partial charge in [0.1, 0.15) is 10.0 Å². The number of oxime groups is 1. The first-order valence-corrected chi connectivity index (χ1v) is 17.4. The number of thioether (sulfide) groups is 1. The van der Waals surface area contributed by atoms with Crippen molar-refractivity contribution in [2.75, 3.05) is 19.6 Å². The average Bonchev–Trinajstić information content (AvgIpc) is 3.67. The van der Waals surface area contributed by atoms with Gasteiger partial charge in [-0.15, -0.1) is 11.3 Å². The molecule has 2 aromatic rings. The molecule has 3 aliphatic rings. The van der Waals surface area contributed by atoms with Crippen molar-refractivity contribution >= 4 is 87.2 Å². The molecule has 17 heteroatoms. The van der Waals surface area contributed by atoms with Gasteiger partial charge in [0.05, 0.1) is 40.0 Å². The smallest absolute Gasteiger partial charge is 0.340 e. The standard InChI is InChI=1S/C31H34Cl2N6O7S2/c1-14-8-9-19(22(32)15(14)2)26(43)35-39-11-10-38(29(39)45)31(17(4)41)13-37-27(44)20(28(37)48-31)12-21(42)23(24-25(33)47-18(5)34-24)36-46-30(6,7)16(3)40/h8-9,20,28H,10-13H2,1-7H3,(H,35,43)/b36-23+/t20-,28?,31-/m1/s1. The number of amides is 4. The summed E-state index contributed by atoms with van der Waals surface area (Å²) in [6.07, 6.45) is -0.302. The molecule has 3 fully saturated rings. The van der Waals surface area contributed by atoms with Gasteiger partial charge in [-0.25, -0.2) is 14.8 Å². The molecular weight excluding hydrogens is 703 g/mol. The minimum Gasteiger partial charge on any atom is -0.381 e. The molecule has 0 radical (unpaired) electrons. The first-order valence-electron chi connectivity index (χ1n) is 15.0. The van der Waals surface area contributed by atoms with Gasteiger partial charge in [-0.05, 0) is 65.7 Å². The molecule has 3 aliphatic heterocycles. The molecule has 1 aromatic heterocycles. The summed E-state index contributed by atoms with van der Waals surface area (Å²) in [5.41, 5.74) is 2.98. The minimum atomic E-state index is -1.44.